The summed E-state index contributed by atoms with van der Waals surface area (Å²) in [6, 6.07) is 5.34. The van der Waals surface area contributed by atoms with Crippen LogP contribution >= 0.6 is 23.2 Å². The minimum Gasteiger partial charge on any atom is -0.480 e. The zero-order valence-corrected chi connectivity index (χ0v) is 12.3. The summed E-state index contributed by atoms with van der Waals surface area (Å²) in [5.74, 6) is -0.766. The predicted octanol–water partition coefficient (Wildman–Crippen LogP) is 3.82. The van der Waals surface area contributed by atoms with Crippen molar-refractivity contribution in [3.05, 3.63) is 33.8 Å². The van der Waals surface area contributed by atoms with Crippen LogP contribution in [-0.4, -0.2) is 28.1 Å². The number of nitrogens with zero attached hydrogens (tertiary/aromatic N) is 1. The molecule has 2 rings (SSSR count). The molecule has 0 aliphatic carbocycles. The van der Waals surface area contributed by atoms with Crippen molar-refractivity contribution >= 4 is 29.2 Å². The molecule has 1 unspecified atom stereocenters. The molecule has 1 heterocycles. The van der Waals surface area contributed by atoms with E-state index in [-0.39, 0.29) is 0 Å². The second-order valence-corrected chi connectivity index (χ2v) is 6.04. The van der Waals surface area contributed by atoms with Crippen molar-refractivity contribution in [3.8, 4) is 0 Å². The number of rotatable bonds is 3. The molecule has 1 fully saturated rings. The molecule has 0 saturated carbocycles. The molecule has 1 aliphatic rings. The fourth-order valence-electron chi connectivity index (χ4n) is 2.53. The maximum absolute atomic E-state index is 11.5. The predicted molar refractivity (Wildman–Crippen MR) is 76.8 cm³/mol. The fraction of sp³-hybridized carbons (Fsp3) is 0.500. The number of carboxylic acids is 1. The van der Waals surface area contributed by atoms with Crippen LogP contribution in [0.4, 0.5) is 0 Å². The summed E-state index contributed by atoms with van der Waals surface area (Å²) in [5, 5.41) is 10.6. The third kappa shape index (κ3) is 3.04. The van der Waals surface area contributed by atoms with Crippen molar-refractivity contribution in [2.45, 2.75) is 38.3 Å². The van der Waals surface area contributed by atoms with Crippen molar-refractivity contribution in [2.24, 2.45) is 0 Å². The third-order valence-electron chi connectivity index (χ3n) is 3.88. The third-order valence-corrected chi connectivity index (χ3v) is 4.46. The Morgan fingerprint density at radius 3 is 2.79 bits per heavy atom. The average Bonchev–Trinajstić information content (AvgIpc) is 2.35. The van der Waals surface area contributed by atoms with E-state index in [0.717, 1.165) is 24.9 Å². The lowest BCUT2D eigenvalue weighted by atomic mass is 9.88. The van der Waals surface area contributed by atoms with Gasteiger partial charge in [-0.1, -0.05) is 29.3 Å². The van der Waals surface area contributed by atoms with Gasteiger partial charge in [0.1, 0.15) is 5.54 Å². The Hall–Kier alpha value is -0.770. The second-order valence-electron chi connectivity index (χ2n) is 5.19. The van der Waals surface area contributed by atoms with E-state index in [1.165, 1.54) is 0 Å². The molecule has 1 saturated heterocycles. The summed E-state index contributed by atoms with van der Waals surface area (Å²) in [5.41, 5.74) is 0.113. The van der Waals surface area contributed by atoms with Crippen molar-refractivity contribution in [1.82, 2.24) is 4.90 Å². The molecule has 1 N–H and O–H groups in total. The smallest absolute Gasteiger partial charge is 0.323 e. The van der Waals surface area contributed by atoms with E-state index >= 15 is 0 Å². The van der Waals surface area contributed by atoms with Gasteiger partial charge in [-0.05, 0) is 50.4 Å². The van der Waals surface area contributed by atoms with Crippen LogP contribution in [0.25, 0.3) is 0 Å². The standard InChI is InChI=1S/C14H17Cl2NO2/c1-14(13(18)19)6-2-3-7-17(14)9-10-4-5-11(15)8-12(10)16/h4-5,8H,2-3,6-7,9H2,1H3,(H,18,19). The van der Waals surface area contributed by atoms with Gasteiger partial charge in [-0.15, -0.1) is 0 Å². The molecule has 19 heavy (non-hydrogen) atoms. The van der Waals surface area contributed by atoms with Crippen molar-refractivity contribution in [3.63, 3.8) is 0 Å². The summed E-state index contributed by atoms with van der Waals surface area (Å²) in [6.45, 7) is 3.11. The Labute approximate surface area is 123 Å². The molecule has 0 bridgehead atoms. The summed E-state index contributed by atoms with van der Waals surface area (Å²) in [4.78, 5) is 13.5. The second kappa shape index (κ2) is 5.70. The molecular formula is C14H17Cl2NO2. The van der Waals surface area contributed by atoms with E-state index in [4.69, 9.17) is 23.2 Å². The Morgan fingerprint density at radius 2 is 2.16 bits per heavy atom. The number of likely N-dealkylation sites (tertiary alicyclic amines) is 1. The number of aliphatic carboxylic acids is 1. The SMILES string of the molecule is CC1(C(=O)O)CCCCN1Cc1ccc(Cl)cc1Cl. The van der Waals surface area contributed by atoms with E-state index in [2.05, 4.69) is 0 Å². The minimum absolute atomic E-state index is 0.540. The molecular weight excluding hydrogens is 285 g/mol. The van der Waals surface area contributed by atoms with Gasteiger partial charge in [0, 0.05) is 16.6 Å². The number of benzene rings is 1. The highest BCUT2D eigenvalue weighted by Crippen LogP contribution is 2.31. The van der Waals surface area contributed by atoms with Gasteiger partial charge < -0.3 is 5.11 Å². The Kier molecular flexibility index (Phi) is 4.39. The van der Waals surface area contributed by atoms with E-state index < -0.39 is 11.5 Å². The summed E-state index contributed by atoms with van der Waals surface area (Å²) in [7, 11) is 0. The highest BCUT2D eigenvalue weighted by Gasteiger charge is 2.41. The first kappa shape index (κ1) is 14.6. The number of piperidine rings is 1. The monoisotopic (exact) mass is 301 g/mol. The van der Waals surface area contributed by atoms with Crippen LogP contribution in [0, 0.1) is 0 Å². The zero-order chi connectivity index (χ0) is 14.0. The van der Waals surface area contributed by atoms with Crippen molar-refractivity contribution in [2.75, 3.05) is 6.54 Å². The van der Waals surface area contributed by atoms with Crippen molar-refractivity contribution in [1.29, 1.82) is 0 Å². The average molecular weight is 302 g/mol. The highest BCUT2D eigenvalue weighted by atomic mass is 35.5. The molecule has 1 aliphatic heterocycles. The van der Waals surface area contributed by atoms with Crippen LogP contribution in [0.5, 0.6) is 0 Å². The Morgan fingerprint density at radius 1 is 1.42 bits per heavy atom. The number of halogens is 2. The lowest BCUT2D eigenvalue weighted by Gasteiger charge is -2.41. The van der Waals surface area contributed by atoms with Gasteiger partial charge in [-0.3, -0.25) is 9.69 Å². The highest BCUT2D eigenvalue weighted by molar-refractivity contribution is 6.35. The molecule has 5 heteroatoms. The number of hydrogen-bond donors (Lipinski definition) is 1. The molecule has 1 aromatic carbocycles. The number of carbonyl (C=O) groups is 1. The van der Waals surface area contributed by atoms with Gasteiger partial charge in [0.15, 0.2) is 0 Å². The normalized spacial score (nSPS) is 24.4. The molecule has 0 amide bonds. The van der Waals surface area contributed by atoms with E-state index in [9.17, 15) is 9.90 Å². The molecule has 3 nitrogen and oxygen atoms in total. The Bertz CT molecular complexity index is 492. The van der Waals surface area contributed by atoms with Crippen LogP contribution in [-0.2, 0) is 11.3 Å². The van der Waals surface area contributed by atoms with Crippen LogP contribution in [0.15, 0.2) is 18.2 Å². The summed E-state index contributed by atoms with van der Waals surface area (Å²) >= 11 is 12.0. The first-order valence-corrected chi connectivity index (χ1v) is 7.11. The van der Waals surface area contributed by atoms with Crippen molar-refractivity contribution < 1.29 is 9.90 Å². The lowest BCUT2D eigenvalue weighted by Crippen LogP contribution is -2.54. The van der Waals surface area contributed by atoms with E-state index in [1.54, 1.807) is 19.1 Å². The minimum atomic E-state index is -0.804. The van der Waals surface area contributed by atoms with Gasteiger partial charge in [-0.25, -0.2) is 0 Å². The van der Waals surface area contributed by atoms with Crippen LogP contribution in [0.2, 0.25) is 10.0 Å². The Balaban J connectivity index is 2.22. The van der Waals surface area contributed by atoms with Gasteiger partial charge in [0.25, 0.3) is 0 Å². The molecule has 1 atom stereocenters. The molecule has 0 aromatic heterocycles. The summed E-state index contributed by atoms with van der Waals surface area (Å²) in [6.07, 6.45) is 2.65. The van der Waals surface area contributed by atoms with Gasteiger partial charge in [-0.2, -0.15) is 0 Å². The maximum Gasteiger partial charge on any atom is 0.323 e. The lowest BCUT2D eigenvalue weighted by molar-refractivity contribution is -0.153. The number of hydrogen-bond acceptors (Lipinski definition) is 2. The topological polar surface area (TPSA) is 40.5 Å². The van der Waals surface area contributed by atoms with Crippen LogP contribution in [0.3, 0.4) is 0 Å². The number of carboxylic acid groups (broad SMARTS) is 1. The molecule has 104 valence electrons. The zero-order valence-electron chi connectivity index (χ0n) is 10.8. The largest absolute Gasteiger partial charge is 0.480 e. The van der Waals surface area contributed by atoms with E-state index in [1.807, 2.05) is 11.0 Å². The first-order chi connectivity index (χ1) is 8.93. The first-order valence-electron chi connectivity index (χ1n) is 6.36. The molecule has 0 radical (unpaired) electrons. The summed E-state index contributed by atoms with van der Waals surface area (Å²) < 4.78 is 0. The van der Waals surface area contributed by atoms with Crippen LogP contribution in [0.1, 0.15) is 31.7 Å². The van der Waals surface area contributed by atoms with E-state index in [0.29, 0.717) is 23.0 Å². The molecule has 0 spiro atoms. The van der Waals surface area contributed by atoms with Gasteiger partial charge >= 0.3 is 5.97 Å². The quantitative estimate of drug-likeness (QED) is 0.922. The van der Waals surface area contributed by atoms with Crippen LogP contribution < -0.4 is 0 Å². The fourth-order valence-corrected chi connectivity index (χ4v) is 3.00. The maximum atomic E-state index is 11.5. The van der Waals surface area contributed by atoms with Gasteiger partial charge in [0.2, 0.25) is 0 Å². The molecule has 1 aromatic rings. The van der Waals surface area contributed by atoms with Gasteiger partial charge in [0.05, 0.1) is 0 Å².